The molecular weight excluding hydrogens is 186 g/mol. The van der Waals surface area contributed by atoms with Crippen LogP contribution in [0.4, 0.5) is 0 Å². The number of terminal acetylenes is 1. The largest absolute Gasteiger partial charge is 0.396 e. The molecule has 0 aromatic rings. The van der Waals surface area contributed by atoms with E-state index in [1.165, 1.54) is 5.23 Å². The van der Waals surface area contributed by atoms with Gasteiger partial charge >= 0.3 is 0 Å². The van der Waals surface area contributed by atoms with Crippen LogP contribution in [0.1, 0.15) is 12.8 Å². The van der Waals surface area contributed by atoms with Crippen LogP contribution >= 0.6 is 0 Å². The molecule has 0 fully saturated rings. The maximum Gasteiger partial charge on any atom is 0.112 e. The molecule has 0 heterocycles. The van der Waals surface area contributed by atoms with Gasteiger partial charge in [-0.1, -0.05) is 11.1 Å². The van der Waals surface area contributed by atoms with E-state index in [4.69, 9.17) is 26.3 Å². The average Bonchev–Trinajstić information content (AvgIpc) is 2.18. The molecule has 5 nitrogen and oxygen atoms in total. The van der Waals surface area contributed by atoms with E-state index in [1.807, 2.05) is 0 Å². The van der Waals surface area contributed by atoms with E-state index >= 15 is 0 Å². The Balaban J connectivity index is 3.50. The maximum atomic E-state index is 8.51. The summed E-state index contributed by atoms with van der Waals surface area (Å²) in [6.07, 6.45) is 6.15. The van der Waals surface area contributed by atoms with Crippen LogP contribution < -0.4 is 0 Å². The van der Waals surface area contributed by atoms with Gasteiger partial charge in [-0.2, -0.15) is 0 Å². The third-order valence-corrected chi connectivity index (χ3v) is 1.30. The standard InChI is InChI=1S/C9H17NO4/c1-2-5-10(13-8-3-6-11)14-9-4-7-12/h1,11-12H,3-9H2. The smallest absolute Gasteiger partial charge is 0.112 e. The van der Waals surface area contributed by atoms with Crippen LogP contribution in [0, 0.1) is 12.3 Å². The summed E-state index contributed by atoms with van der Waals surface area (Å²) in [6, 6.07) is 0. The second kappa shape index (κ2) is 10.4. The van der Waals surface area contributed by atoms with E-state index in [0.29, 0.717) is 26.1 Å². The monoisotopic (exact) mass is 203 g/mol. The van der Waals surface area contributed by atoms with E-state index in [-0.39, 0.29) is 19.8 Å². The zero-order valence-corrected chi connectivity index (χ0v) is 8.19. The van der Waals surface area contributed by atoms with Crippen molar-refractivity contribution in [2.24, 2.45) is 0 Å². The molecule has 0 aliphatic rings. The molecule has 0 unspecified atom stereocenters. The topological polar surface area (TPSA) is 62.2 Å². The predicted octanol–water partition coefficient (Wildman–Crippen LogP) is -0.450. The molecule has 0 saturated carbocycles. The van der Waals surface area contributed by atoms with Gasteiger partial charge in [0.15, 0.2) is 0 Å². The molecule has 0 amide bonds. The Hall–Kier alpha value is -0.640. The first-order valence-electron chi connectivity index (χ1n) is 4.53. The molecule has 0 aromatic carbocycles. The number of nitrogens with zero attached hydrogens (tertiary/aromatic N) is 1. The van der Waals surface area contributed by atoms with Gasteiger partial charge in [0, 0.05) is 13.2 Å². The summed E-state index contributed by atoms with van der Waals surface area (Å²) in [5.74, 6) is 2.37. The lowest BCUT2D eigenvalue weighted by Gasteiger charge is -2.18. The van der Waals surface area contributed by atoms with Crippen LogP contribution in [0.25, 0.3) is 0 Å². The Labute approximate surface area is 84.1 Å². The van der Waals surface area contributed by atoms with Crippen molar-refractivity contribution in [3.05, 3.63) is 0 Å². The summed E-state index contributed by atoms with van der Waals surface area (Å²) in [6.45, 7) is 1.08. The Bertz CT molecular complexity index is 147. The summed E-state index contributed by atoms with van der Waals surface area (Å²) in [7, 11) is 0. The highest BCUT2D eigenvalue weighted by Crippen LogP contribution is 1.94. The number of hydrogen-bond donors (Lipinski definition) is 2. The van der Waals surface area contributed by atoms with E-state index in [1.54, 1.807) is 0 Å². The third kappa shape index (κ3) is 7.98. The molecule has 0 saturated heterocycles. The van der Waals surface area contributed by atoms with Gasteiger partial charge < -0.3 is 10.2 Å². The second-order valence-corrected chi connectivity index (χ2v) is 2.52. The lowest BCUT2D eigenvalue weighted by Crippen LogP contribution is -2.26. The zero-order chi connectivity index (χ0) is 10.6. The summed E-state index contributed by atoms with van der Waals surface area (Å²) in [5.41, 5.74) is 0. The molecule has 0 rings (SSSR count). The van der Waals surface area contributed by atoms with Crippen molar-refractivity contribution in [1.82, 2.24) is 5.23 Å². The second-order valence-electron chi connectivity index (χ2n) is 2.52. The summed E-state index contributed by atoms with van der Waals surface area (Å²) < 4.78 is 0. The third-order valence-electron chi connectivity index (χ3n) is 1.30. The molecule has 0 bridgehead atoms. The molecule has 14 heavy (non-hydrogen) atoms. The van der Waals surface area contributed by atoms with Crippen molar-refractivity contribution >= 4 is 0 Å². The van der Waals surface area contributed by atoms with Crippen LogP contribution in [0.2, 0.25) is 0 Å². The highest BCUT2D eigenvalue weighted by Gasteiger charge is 2.03. The Morgan fingerprint density at radius 3 is 1.93 bits per heavy atom. The minimum absolute atomic E-state index is 0.0700. The molecular formula is C9H17NO4. The van der Waals surface area contributed by atoms with Crippen LogP contribution in [0.5, 0.6) is 0 Å². The highest BCUT2D eigenvalue weighted by molar-refractivity contribution is 4.84. The van der Waals surface area contributed by atoms with Gasteiger partial charge in [0.2, 0.25) is 0 Å². The van der Waals surface area contributed by atoms with Gasteiger partial charge in [-0.25, -0.2) is 0 Å². The van der Waals surface area contributed by atoms with Crippen molar-refractivity contribution in [2.75, 3.05) is 33.0 Å². The summed E-state index contributed by atoms with van der Waals surface area (Å²) >= 11 is 0. The summed E-state index contributed by atoms with van der Waals surface area (Å²) in [5, 5.41) is 18.2. The first-order valence-corrected chi connectivity index (χ1v) is 4.53. The van der Waals surface area contributed by atoms with E-state index in [2.05, 4.69) is 5.92 Å². The number of rotatable bonds is 9. The Morgan fingerprint density at radius 2 is 1.57 bits per heavy atom. The molecule has 0 aliphatic carbocycles. The minimum Gasteiger partial charge on any atom is -0.396 e. The first kappa shape index (κ1) is 13.4. The lowest BCUT2D eigenvalue weighted by molar-refractivity contribution is -0.362. The first-order chi connectivity index (χ1) is 6.85. The van der Waals surface area contributed by atoms with Crippen LogP contribution in [0.3, 0.4) is 0 Å². The summed E-state index contributed by atoms with van der Waals surface area (Å²) in [4.78, 5) is 10.2. The van der Waals surface area contributed by atoms with Crippen molar-refractivity contribution in [3.8, 4) is 12.3 Å². The van der Waals surface area contributed by atoms with E-state index in [9.17, 15) is 0 Å². The fourth-order valence-electron chi connectivity index (χ4n) is 0.665. The van der Waals surface area contributed by atoms with Crippen LogP contribution in [-0.2, 0) is 9.68 Å². The van der Waals surface area contributed by atoms with Crippen LogP contribution in [-0.4, -0.2) is 48.4 Å². The molecule has 82 valence electrons. The molecule has 0 spiro atoms. The number of hydroxylamine groups is 2. The molecule has 0 radical (unpaired) electrons. The van der Waals surface area contributed by atoms with Crippen LogP contribution in [0.15, 0.2) is 0 Å². The van der Waals surface area contributed by atoms with Crippen molar-refractivity contribution in [3.63, 3.8) is 0 Å². The fraction of sp³-hybridized carbons (Fsp3) is 0.778. The molecule has 0 aliphatic heterocycles. The number of aliphatic hydroxyl groups excluding tert-OH is 2. The quantitative estimate of drug-likeness (QED) is 0.302. The maximum absolute atomic E-state index is 8.51. The fourth-order valence-corrected chi connectivity index (χ4v) is 0.665. The lowest BCUT2D eigenvalue weighted by atomic mass is 10.5. The van der Waals surface area contributed by atoms with Gasteiger partial charge in [0.25, 0.3) is 0 Å². The number of aliphatic hydroxyl groups is 2. The zero-order valence-electron chi connectivity index (χ0n) is 8.19. The normalized spacial score (nSPS) is 10.4. The SMILES string of the molecule is C#CCN(OCCCO)OCCCO. The van der Waals surface area contributed by atoms with Gasteiger partial charge in [-0.15, -0.1) is 6.42 Å². The highest BCUT2D eigenvalue weighted by atomic mass is 16.9. The molecule has 5 heteroatoms. The Kier molecular flexibility index (Phi) is 9.96. The van der Waals surface area contributed by atoms with E-state index in [0.717, 1.165) is 0 Å². The molecule has 0 aromatic heterocycles. The van der Waals surface area contributed by atoms with Crippen molar-refractivity contribution in [1.29, 1.82) is 0 Å². The molecule has 2 N–H and O–H groups in total. The number of hydrogen-bond acceptors (Lipinski definition) is 5. The van der Waals surface area contributed by atoms with Gasteiger partial charge in [0.1, 0.15) is 6.54 Å². The van der Waals surface area contributed by atoms with Crippen molar-refractivity contribution in [2.45, 2.75) is 12.8 Å². The predicted molar refractivity (Wildman–Crippen MR) is 50.8 cm³/mol. The van der Waals surface area contributed by atoms with Crippen molar-refractivity contribution < 1.29 is 19.9 Å². The van der Waals surface area contributed by atoms with Gasteiger partial charge in [-0.3, -0.25) is 9.68 Å². The minimum atomic E-state index is 0.0700. The van der Waals surface area contributed by atoms with Gasteiger partial charge in [-0.05, 0) is 12.8 Å². The Morgan fingerprint density at radius 1 is 1.07 bits per heavy atom. The average molecular weight is 203 g/mol. The van der Waals surface area contributed by atoms with E-state index < -0.39 is 0 Å². The van der Waals surface area contributed by atoms with Gasteiger partial charge in [0.05, 0.1) is 13.2 Å². The molecule has 0 atom stereocenters.